The Morgan fingerprint density at radius 1 is 1.10 bits per heavy atom. The van der Waals surface area contributed by atoms with Crippen molar-refractivity contribution in [2.45, 2.75) is 4.90 Å². The molecule has 3 rings (SSSR count). The van der Waals surface area contributed by atoms with Crippen LogP contribution in [0.2, 0.25) is 0 Å². The largest absolute Gasteiger partial charge is 0.340 e. The van der Waals surface area contributed by atoms with E-state index < -0.39 is 9.84 Å². The standard InChI is InChI=1S/C14H12N2O3S/c1-16-10-6-4-3-5-9(10)15-13-11(17)7-8-12(14(13)16)20(2,18)19/h3-8H,1-2H3. The Balaban J connectivity index is 2.64. The van der Waals surface area contributed by atoms with Gasteiger partial charge in [-0.25, -0.2) is 13.4 Å². The summed E-state index contributed by atoms with van der Waals surface area (Å²) in [5.74, 6) is 0. The molecule has 1 aromatic rings. The molecule has 0 spiro atoms. The Kier molecular flexibility index (Phi) is 2.65. The Bertz CT molecular complexity index is 958. The predicted octanol–water partition coefficient (Wildman–Crippen LogP) is 1.44. The molecule has 1 aromatic carbocycles. The van der Waals surface area contributed by atoms with Gasteiger partial charge < -0.3 is 4.57 Å². The molecule has 0 radical (unpaired) electrons. The lowest BCUT2D eigenvalue weighted by atomic mass is 10.1. The summed E-state index contributed by atoms with van der Waals surface area (Å²) in [6.45, 7) is 0. The smallest absolute Gasteiger partial charge is 0.206 e. The third kappa shape index (κ3) is 1.80. The summed E-state index contributed by atoms with van der Waals surface area (Å²) in [5, 5.41) is 0. The van der Waals surface area contributed by atoms with E-state index in [9.17, 15) is 13.2 Å². The fourth-order valence-corrected chi connectivity index (χ4v) is 3.26. The highest BCUT2D eigenvalue weighted by atomic mass is 32.2. The van der Waals surface area contributed by atoms with Crippen LogP contribution < -0.4 is 5.43 Å². The van der Waals surface area contributed by atoms with E-state index >= 15 is 0 Å². The molecular weight excluding hydrogens is 276 g/mol. The second kappa shape index (κ2) is 4.14. The summed E-state index contributed by atoms with van der Waals surface area (Å²) in [6.07, 6.45) is 1.13. The zero-order valence-electron chi connectivity index (χ0n) is 11.0. The van der Waals surface area contributed by atoms with Gasteiger partial charge in [0.05, 0.1) is 21.6 Å². The van der Waals surface area contributed by atoms with E-state index in [-0.39, 0.29) is 16.0 Å². The van der Waals surface area contributed by atoms with Crippen molar-refractivity contribution >= 4 is 20.9 Å². The molecule has 0 amide bonds. The van der Waals surface area contributed by atoms with E-state index in [0.29, 0.717) is 11.2 Å². The van der Waals surface area contributed by atoms with Gasteiger partial charge in [-0.3, -0.25) is 4.79 Å². The first-order chi connectivity index (χ1) is 9.39. The van der Waals surface area contributed by atoms with Crippen LogP contribution in [0.4, 0.5) is 0 Å². The number of hydrogen-bond acceptors (Lipinski definition) is 4. The maximum atomic E-state index is 12.0. The van der Waals surface area contributed by atoms with Gasteiger partial charge in [0.15, 0.2) is 9.84 Å². The average Bonchev–Trinajstić information content (AvgIpc) is 2.39. The minimum absolute atomic E-state index is 0.118. The molecule has 20 heavy (non-hydrogen) atoms. The van der Waals surface area contributed by atoms with Gasteiger partial charge in [-0.2, -0.15) is 0 Å². The van der Waals surface area contributed by atoms with Crippen molar-refractivity contribution in [1.82, 2.24) is 9.55 Å². The fraction of sp³-hybridized carbons (Fsp3) is 0.143. The lowest BCUT2D eigenvalue weighted by Gasteiger charge is -2.16. The predicted molar refractivity (Wildman–Crippen MR) is 76.7 cm³/mol. The SMILES string of the molecule is Cn1c2c(S(C)(=O)=O)ccc(=O)c-2nc2ccccc21. The van der Waals surface area contributed by atoms with Crippen LogP contribution in [0.15, 0.2) is 46.1 Å². The van der Waals surface area contributed by atoms with Gasteiger partial charge in [-0.15, -0.1) is 0 Å². The molecule has 6 heteroatoms. The van der Waals surface area contributed by atoms with Crippen molar-refractivity contribution in [3.05, 3.63) is 46.6 Å². The van der Waals surface area contributed by atoms with Crippen molar-refractivity contribution < 1.29 is 8.42 Å². The summed E-state index contributed by atoms with van der Waals surface area (Å²) < 4.78 is 25.5. The molecule has 0 atom stereocenters. The first kappa shape index (κ1) is 12.8. The van der Waals surface area contributed by atoms with Crippen LogP contribution in [-0.4, -0.2) is 24.2 Å². The molecule has 0 N–H and O–H groups in total. The normalized spacial score (nSPS) is 12.1. The molecule has 2 aliphatic rings. The maximum absolute atomic E-state index is 12.0. The lowest BCUT2D eigenvalue weighted by molar-refractivity contribution is 0.601. The Hall–Kier alpha value is -2.21. The van der Waals surface area contributed by atoms with Crippen LogP contribution in [0.1, 0.15) is 0 Å². The number of para-hydroxylation sites is 2. The second-order valence-electron chi connectivity index (χ2n) is 4.69. The molecule has 0 bridgehead atoms. The van der Waals surface area contributed by atoms with Crippen molar-refractivity contribution in [3.63, 3.8) is 0 Å². The molecule has 0 aromatic heterocycles. The Labute approximate surface area is 115 Å². The first-order valence-electron chi connectivity index (χ1n) is 5.98. The number of fused-ring (bicyclic) bond motifs is 2. The van der Waals surface area contributed by atoms with E-state index in [2.05, 4.69) is 4.98 Å². The highest BCUT2D eigenvalue weighted by molar-refractivity contribution is 7.90. The van der Waals surface area contributed by atoms with E-state index in [0.717, 1.165) is 11.8 Å². The van der Waals surface area contributed by atoms with Crippen LogP contribution in [-0.2, 0) is 16.9 Å². The minimum Gasteiger partial charge on any atom is -0.340 e. The van der Waals surface area contributed by atoms with Gasteiger partial charge in [-0.1, -0.05) is 12.1 Å². The van der Waals surface area contributed by atoms with Crippen LogP contribution in [0.25, 0.3) is 22.4 Å². The van der Waals surface area contributed by atoms with E-state index in [1.807, 2.05) is 18.2 Å². The maximum Gasteiger partial charge on any atom is 0.206 e. The van der Waals surface area contributed by atoms with E-state index in [1.165, 1.54) is 12.1 Å². The number of nitrogens with zero attached hydrogens (tertiary/aromatic N) is 2. The van der Waals surface area contributed by atoms with Gasteiger partial charge in [-0.05, 0) is 24.3 Å². The van der Waals surface area contributed by atoms with Gasteiger partial charge in [0, 0.05) is 13.3 Å². The quantitative estimate of drug-likeness (QED) is 0.635. The number of rotatable bonds is 1. The van der Waals surface area contributed by atoms with Crippen molar-refractivity contribution in [1.29, 1.82) is 0 Å². The zero-order chi connectivity index (χ0) is 14.5. The van der Waals surface area contributed by atoms with Crippen LogP contribution in [0.3, 0.4) is 0 Å². The Morgan fingerprint density at radius 3 is 2.50 bits per heavy atom. The number of hydrogen-bond donors (Lipinski definition) is 0. The summed E-state index contributed by atoms with van der Waals surface area (Å²) in [5.41, 5.74) is 1.67. The number of benzene rings is 2. The van der Waals surface area contributed by atoms with Crippen LogP contribution >= 0.6 is 0 Å². The Morgan fingerprint density at radius 2 is 1.80 bits per heavy atom. The molecule has 0 saturated carbocycles. The fourth-order valence-electron chi connectivity index (χ4n) is 2.36. The summed E-state index contributed by atoms with van der Waals surface area (Å²) >= 11 is 0. The van der Waals surface area contributed by atoms with Gasteiger partial charge in [0.2, 0.25) is 5.43 Å². The lowest BCUT2D eigenvalue weighted by Crippen LogP contribution is -2.17. The number of aryl methyl sites for hydroxylation is 1. The average molecular weight is 288 g/mol. The third-order valence-corrected chi connectivity index (χ3v) is 4.42. The van der Waals surface area contributed by atoms with Gasteiger partial charge in [0.1, 0.15) is 5.69 Å². The van der Waals surface area contributed by atoms with Crippen molar-refractivity contribution in [3.8, 4) is 11.4 Å². The molecule has 0 saturated heterocycles. The van der Waals surface area contributed by atoms with E-state index in [4.69, 9.17) is 0 Å². The molecule has 0 unspecified atom stereocenters. The highest BCUT2D eigenvalue weighted by Crippen LogP contribution is 2.27. The second-order valence-corrected chi connectivity index (χ2v) is 6.67. The van der Waals surface area contributed by atoms with Gasteiger partial charge >= 0.3 is 0 Å². The highest BCUT2D eigenvalue weighted by Gasteiger charge is 2.22. The summed E-state index contributed by atoms with van der Waals surface area (Å²) in [7, 11) is -1.70. The number of aromatic nitrogens is 2. The summed E-state index contributed by atoms with van der Waals surface area (Å²) in [4.78, 5) is 16.4. The topological polar surface area (TPSA) is 69.0 Å². The molecule has 102 valence electrons. The third-order valence-electron chi connectivity index (χ3n) is 3.29. The van der Waals surface area contributed by atoms with Gasteiger partial charge in [0.25, 0.3) is 0 Å². The monoisotopic (exact) mass is 288 g/mol. The van der Waals surface area contributed by atoms with Crippen LogP contribution in [0, 0.1) is 0 Å². The molecule has 1 aliphatic heterocycles. The molecule has 0 fully saturated rings. The molecule has 5 nitrogen and oxygen atoms in total. The first-order valence-corrected chi connectivity index (χ1v) is 7.87. The summed E-state index contributed by atoms with van der Waals surface area (Å²) in [6, 6.07) is 9.90. The van der Waals surface area contributed by atoms with Crippen molar-refractivity contribution in [2.75, 3.05) is 6.26 Å². The molecule has 1 heterocycles. The molecule has 1 aliphatic carbocycles. The number of sulfone groups is 1. The molecular formula is C14H12N2O3S. The van der Waals surface area contributed by atoms with Crippen molar-refractivity contribution in [2.24, 2.45) is 7.05 Å². The minimum atomic E-state index is -3.44. The van der Waals surface area contributed by atoms with Crippen LogP contribution in [0.5, 0.6) is 0 Å². The van der Waals surface area contributed by atoms with E-state index in [1.54, 1.807) is 17.7 Å². The zero-order valence-corrected chi connectivity index (χ0v) is 11.8.